The Kier molecular flexibility index (Phi) is 4.50. The Labute approximate surface area is 108 Å². The van der Waals surface area contributed by atoms with Crippen molar-refractivity contribution in [3.05, 3.63) is 53.9 Å². The number of rotatable bonds is 6. The number of hydrogen-bond donors (Lipinski definition) is 1. The van der Waals surface area contributed by atoms with Crippen molar-refractivity contribution in [2.45, 2.75) is 13.1 Å². The minimum Gasteiger partial charge on any atom is -0.329 e. The van der Waals surface area contributed by atoms with Crippen LogP contribution in [0.3, 0.4) is 0 Å². The van der Waals surface area contributed by atoms with Gasteiger partial charge in [0, 0.05) is 45.0 Å². The zero-order valence-electron chi connectivity index (χ0n) is 10.8. The maximum atomic E-state index is 5.68. The van der Waals surface area contributed by atoms with Gasteiger partial charge in [-0.25, -0.2) is 0 Å². The van der Waals surface area contributed by atoms with Crippen molar-refractivity contribution >= 4 is 0 Å². The van der Waals surface area contributed by atoms with Gasteiger partial charge < -0.3 is 5.73 Å². The second-order valence-electron chi connectivity index (χ2n) is 4.51. The van der Waals surface area contributed by atoms with E-state index in [0.29, 0.717) is 6.54 Å². The van der Waals surface area contributed by atoms with E-state index in [2.05, 4.69) is 40.5 Å². The van der Waals surface area contributed by atoms with Crippen LogP contribution in [0.1, 0.15) is 11.1 Å². The highest BCUT2D eigenvalue weighted by atomic mass is 15.2. The lowest BCUT2D eigenvalue weighted by atomic mass is 10.2. The van der Waals surface area contributed by atoms with Gasteiger partial charge in [-0.1, -0.05) is 30.3 Å². The maximum Gasteiger partial charge on any atom is 0.0534 e. The summed E-state index contributed by atoms with van der Waals surface area (Å²) in [5, 5.41) is 4.20. The molecule has 0 bridgehead atoms. The molecule has 4 nitrogen and oxygen atoms in total. The summed E-state index contributed by atoms with van der Waals surface area (Å²) in [5.41, 5.74) is 8.22. The second-order valence-corrected chi connectivity index (χ2v) is 4.51. The molecule has 1 aromatic heterocycles. The molecule has 96 valence electrons. The molecule has 0 aliphatic heterocycles. The number of benzene rings is 1. The van der Waals surface area contributed by atoms with Gasteiger partial charge in [0.1, 0.15) is 0 Å². The number of aryl methyl sites for hydroxylation is 1. The Morgan fingerprint density at radius 3 is 2.50 bits per heavy atom. The zero-order chi connectivity index (χ0) is 12.8. The zero-order valence-corrected chi connectivity index (χ0v) is 10.8. The van der Waals surface area contributed by atoms with Crippen LogP contribution in [-0.4, -0.2) is 27.8 Å². The standard InChI is InChI=1S/C14H20N4/c1-17-10-14(9-16-17)12-18(8-7-15)11-13-5-3-2-4-6-13/h2-6,9-10H,7-8,11-12,15H2,1H3. The summed E-state index contributed by atoms with van der Waals surface area (Å²) in [6.07, 6.45) is 3.96. The van der Waals surface area contributed by atoms with Gasteiger partial charge in [0.2, 0.25) is 0 Å². The molecule has 0 saturated carbocycles. The first kappa shape index (κ1) is 12.8. The van der Waals surface area contributed by atoms with Crippen LogP contribution in [0.15, 0.2) is 42.7 Å². The fourth-order valence-corrected chi connectivity index (χ4v) is 2.05. The summed E-state index contributed by atoms with van der Waals surface area (Å²) < 4.78 is 1.83. The van der Waals surface area contributed by atoms with Gasteiger partial charge in [-0.2, -0.15) is 5.10 Å². The summed E-state index contributed by atoms with van der Waals surface area (Å²) >= 11 is 0. The number of hydrogen-bond acceptors (Lipinski definition) is 3. The first-order chi connectivity index (χ1) is 8.78. The number of nitrogens with zero attached hydrogens (tertiary/aromatic N) is 3. The van der Waals surface area contributed by atoms with Gasteiger partial charge in [-0.3, -0.25) is 9.58 Å². The minimum atomic E-state index is 0.674. The first-order valence-electron chi connectivity index (χ1n) is 6.22. The largest absolute Gasteiger partial charge is 0.329 e. The molecular formula is C14H20N4. The summed E-state index contributed by atoms with van der Waals surface area (Å²) in [6, 6.07) is 10.5. The third-order valence-corrected chi connectivity index (χ3v) is 2.86. The fraction of sp³-hybridized carbons (Fsp3) is 0.357. The average molecular weight is 244 g/mol. The Hall–Kier alpha value is -1.65. The molecule has 0 fully saturated rings. The Morgan fingerprint density at radius 2 is 1.89 bits per heavy atom. The van der Waals surface area contributed by atoms with Crippen molar-refractivity contribution in [3.8, 4) is 0 Å². The molecule has 2 rings (SSSR count). The normalized spacial score (nSPS) is 11.1. The van der Waals surface area contributed by atoms with Crippen molar-refractivity contribution in [1.82, 2.24) is 14.7 Å². The summed E-state index contributed by atoms with van der Waals surface area (Å²) in [6.45, 7) is 3.38. The monoisotopic (exact) mass is 244 g/mol. The highest BCUT2D eigenvalue weighted by Crippen LogP contribution is 2.08. The van der Waals surface area contributed by atoms with Gasteiger partial charge in [0.25, 0.3) is 0 Å². The van der Waals surface area contributed by atoms with Crippen LogP contribution >= 0.6 is 0 Å². The van der Waals surface area contributed by atoms with E-state index in [1.807, 2.05) is 24.0 Å². The maximum absolute atomic E-state index is 5.68. The van der Waals surface area contributed by atoms with E-state index < -0.39 is 0 Å². The van der Waals surface area contributed by atoms with Crippen LogP contribution in [-0.2, 0) is 20.1 Å². The number of aromatic nitrogens is 2. The van der Waals surface area contributed by atoms with Crippen LogP contribution in [0.25, 0.3) is 0 Å². The van der Waals surface area contributed by atoms with Crippen molar-refractivity contribution in [2.75, 3.05) is 13.1 Å². The predicted octanol–water partition coefficient (Wildman–Crippen LogP) is 1.38. The Balaban J connectivity index is 1.99. The number of nitrogens with two attached hydrogens (primary N) is 1. The molecule has 0 unspecified atom stereocenters. The molecule has 0 atom stereocenters. The van der Waals surface area contributed by atoms with E-state index in [-0.39, 0.29) is 0 Å². The molecule has 2 N–H and O–H groups in total. The third kappa shape index (κ3) is 3.68. The van der Waals surface area contributed by atoms with Crippen molar-refractivity contribution in [1.29, 1.82) is 0 Å². The first-order valence-corrected chi connectivity index (χ1v) is 6.22. The van der Waals surface area contributed by atoms with Crippen LogP contribution in [0.2, 0.25) is 0 Å². The van der Waals surface area contributed by atoms with E-state index >= 15 is 0 Å². The van der Waals surface area contributed by atoms with E-state index in [1.54, 1.807) is 0 Å². The Bertz CT molecular complexity index is 464. The SMILES string of the molecule is Cn1cc(CN(CCN)Cc2ccccc2)cn1. The van der Waals surface area contributed by atoms with Gasteiger partial charge in [-0.15, -0.1) is 0 Å². The van der Waals surface area contributed by atoms with Gasteiger partial charge in [0.15, 0.2) is 0 Å². The van der Waals surface area contributed by atoms with Crippen LogP contribution < -0.4 is 5.73 Å². The fourth-order valence-electron chi connectivity index (χ4n) is 2.05. The highest BCUT2D eigenvalue weighted by molar-refractivity contribution is 5.15. The van der Waals surface area contributed by atoms with E-state index in [0.717, 1.165) is 19.6 Å². The molecule has 2 aromatic rings. The van der Waals surface area contributed by atoms with Crippen molar-refractivity contribution < 1.29 is 0 Å². The second kappa shape index (κ2) is 6.33. The molecule has 0 amide bonds. The molecule has 0 aliphatic carbocycles. The molecule has 0 radical (unpaired) electrons. The van der Waals surface area contributed by atoms with E-state index in [1.165, 1.54) is 11.1 Å². The highest BCUT2D eigenvalue weighted by Gasteiger charge is 2.07. The molecule has 18 heavy (non-hydrogen) atoms. The van der Waals surface area contributed by atoms with Gasteiger partial charge >= 0.3 is 0 Å². The van der Waals surface area contributed by atoms with E-state index in [4.69, 9.17) is 5.73 Å². The quantitative estimate of drug-likeness (QED) is 0.835. The summed E-state index contributed by atoms with van der Waals surface area (Å²) in [5.74, 6) is 0. The lowest BCUT2D eigenvalue weighted by Gasteiger charge is -2.20. The molecule has 1 heterocycles. The molecule has 0 aliphatic rings. The molecule has 0 spiro atoms. The lowest BCUT2D eigenvalue weighted by molar-refractivity contribution is 0.264. The molecule has 0 saturated heterocycles. The van der Waals surface area contributed by atoms with Gasteiger partial charge in [0.05, 0.1) is 6.20 Å². The predicted molar refractivity (Wildman–Crippen MR) is 72.8 cm³/mol. The summed E-state index contributed by atoms with van der Waals surface area (Å²) in [7, 11) is 1.94. The average Bonchev–Trinajstić information content (AvgIpc) is 2.76. The molecule has 4 heteroatoms. The van der Waals surface area contributed by atoms with Crippen LogP contribution in [0, 0.1) is 0 Å². The van der Waals surface area contributed by atoms with Crippen molar-refractivity contribution in [2.24, 2.45) is 12.8 Å². The van der Waals surface area contributed by atoms with Crippen molar-refractivity contribution in [3.63, 3.8) is 0 Å². The van der Waals surface area contributed by atoms with Gasteiger partial charge in [-0.05, 0) is 5.56 Å². The lowest BCUT2D eigenvalue weighted by Crippen LogP contribution is -2.28. The van der Waals surface area contributed by atoms with Crippen LogP contribution in [0.5, 0.6) is 0 Å². The van der Waals surface area contributed by atoms with Crippen LogP contribution in [0.4, 0.5) is 0 Å². The third-order valence-electron chi connectivity index (χ3n) is 2.86. The Morgan fingerprint density at radius 1 is 1.17 bits per heavy atom. The summed E-state index contributed by atoms with van der Waals surface area (Å²) in [4.78, 5) is 2.34. The molecular weight excluding hydrogens is 224 g/mol. The van der Waals surface area contributed by atoms with E-state index in [9.17, 15) is 0 Å². The molecule has 1 aromatic carbocycles. The minimum absolute atomic E-state index is 0.674. The topological polar surface area (TPSA) is 47.1 Å². The smallest absolute Gasteiger partial charge is 0.0534 e.